The Labute approximate surface area is 116 Å². The number of ether oxygens (including phenoxy) is 1. The summed E-state index contributed by atoms with van der Waals surface area (Å²) in [5, 5.41) is 17.7. The van der Waals surface area contributed by atoms with Gasteiger partial charge in [-0.25, -0.2) is 18.4 Å². The summed E-state index contributed by atoms with van der Waals surface area (Å²) in [7, 11) is -3.82. The van der Waals surface area contributed by atoms with Gasteiger partial charge in [-0.3, -0.25) is 9.58 Å². The Balaban J connectivity index is 1.91. The zero-order chi connectivity index (χ0) is 14.8. The zero-order valence-corrected chi connectivity index (χ0v) is 11.5. The van der Waals surface area contributed by atoms with E-state index in [9.17, 15) is 13.2 Å². The molecule has 2 rings (SSSR count). The third-order valence-electron chi connectivity index (χ3n) is 3.03. The second kappa shape index (κ2) is 5.77. The predicted molar refractivity (Wildman–Crippen MR) is 67.3 cm³/mol. The predicted octanol–water partition coefficient (Wildman–Crippen LogP) is -0.353. The number of amides is 1. The standard InChI is InChI=1S/C10H16N4O5S/c11-20(17,18)9-3-4-12-14(9)6-7-19-8-2-1-5-13(8)10(15)16/h3-4,8H,1-2,5-7H2,(H,15,16)(H2,11,17,18). The van der Waals surface area contributed by atoms with E-state index in [0.29, 0.717) is 13.0 Å². The van der Waals surface area contributed by atoms with Gasteiger partial charge in [-0.05, 0) is 18.9 Å². The second-order valence-electron chi connectivity index (χ2n) is 4.38. The Morgan fingerprint density at radius 1 is 1.60 bits per heavy atom. The van der Waals surface area contributed by atoms with Crippen molar-refractivity contribution in [2.75, 3.05) is 13.2 Å². The number of nitrogens with two attached hydrogens (primary N) is 1. The number of hydrogen-bond donors (Lipinski definition) is 2. The Hall–Kier alpha value is -1.65. The molecule has 0 radical (unpaired) electrons. The molecular formula is C10H16N4O5S. The SMILES string of the molecule is NS(=O)(=O)c1ccnn1CCOC1CCCN1C(=O)O. The highest BCUT2D eigenvalue weighted by Crippen LogP contribution is 2.18. The van der Waals surface area contributed by atoms with Crippen LogP contribution in [-0.2, 0) is 21.3 Å². The van der Waals surface area contributed by atoms with E-state index < -0.39 is 22.3 Å². The van der Waals surface area contributed by atoms with E-state index in [-0.39, 0.29) is 18.2 Å². The average molecular weight is 304 g/mol. The van der Waals surface area contributed by atoms with Crippen molar-refractivity contribution in [3.63, 3.8) is 0 Å². The zero-order valence-electron chi connectivity index (χ0n) is 10.7. The van der Waals surface area contributed by atoms with Crippen molar-refractivity contribution in [2.45, 2.75) is 30.6 Å². The molecule has 112 valence electrons. The normalized spacial score (nSPS) is 19.4. The van der Waals surface area contributed by atoms with Gasteiger partial charge in [-0.15, -0.1) is 0 Å². The van der Waals surface area contributed by atoms with Gasteiger partial charge >= 0.3 is 6.09 Å². The van der Waals surface area contributed by atoms with Crippen LogP contribution in [-0.4, -0.2) is 53.7 Å². The van der Waals surface area contributed by atoms with Crippen molar-refractivity contribution in [3.05, 3.63) is 12.3 Å². The third kappa shape index (κ3) is 3.26. The van der Waals surface area contributed by atoms with Crippen LogP contribution >= 0.6 is 0 Å². The topological polar surface area (TPSA) is 128 Å². The number of primary sulfonamides is 1. The van der Waals surface area contributed by atoms with Crippen LogP contribution in [0.5, 0.6) is 0 Å². The van der Waals surface area contributed by atoms with Gasteiger partial charge in [0.05, 0.1) is 19.3 Å². The number of nitrogens with zero attached hydrogens (tertiary/aromatic N) is 3. The second-order valence-corrected chi connectivity index (χ2v) is 5.89. The van der Waals surface area contributed by atoms with Crippen LogP contribution in [0, 0.1) is 0 Å². The van der Waals surface area contributed by atoms with Crippen molar-refractivity contribution >= 4 is 16.1 Å². The van der Waals surface area contributed by atoms with Gasteiger partial charge in [0, 0.05) is 6.54 Å². The summed E-state index contributed by atoms with van der Waals surface area (Å²) in [4.78, 5) is 12.1. The first-order valence-corrected chi connectivity index (χ1v) is 7.60. The number of carboxylic acid groups (broad SMARTS) is 1. The fraction of sp³-hybridized carbons (Fsp3) is 0.600. The van der Waals surface area contributed by atoms with E-state index >= 15 is 0 Å². The van der Waals surface area contributed by atoms with Crippen molar-refractivity contribution in [3.8, 4) is 0 Å². The molecule has 2 heterocycles. The lowest BCUT2D eigenvalue weighted by atomic mass is 10.4. The number of rotatable bonds is 5. The summed E-state index contributed by atoms with van der Waals surface area (Å²) >= 11 is 0. The van der Waals surface area contributed by atoms with Crippen LogP contribution in [0.3, 0.4) is 0 Å². The summed E-state index contributed by atoms with van der Waals surface area (Å²) in [6.07, 6.45) is 1.21. The van der Waals surface area contributed by atoms with Gasteiger partial charge in [0.1, 0.15) is 6.23 Å². The van der Waals surface area contributed by atoms with E-state index in [0.717, 1.165) is 6.42 Å². The van der Waals surface area contributed by atoms with Crippen molar-refractivity contribution in [1.29, 1.82) is 0 Å². The molecule has 0 bridgehead atoms. The van der Waals surface area contributed by atoms with Crippen LogP contribution in [0.25, 0.3) is 0 Å². The highest BCUT2D eigenvalue weighted by molar-refractivity contribution is 7.89. The molecule has 0 spiro atoms. The summed E-state index contributed by atoms with van der Waals surface area (Å²) in [5.74, 6) is 0. The first-order valence-electron chi connectivity index (χ1n) is 6.05. The molecule has 1 fully saturated rings. The number of likely N-dealkylation sites (tertiary alicyclic amines) is 1. The fourth-order valence-corrected chi connectivity index (χ4v) is 2.82. The molecule has 1 aliphatic heterocycles. The minimum absolute atomic E-state index is 0.0948. The quantitative estimate of drug-likeness (QED) is 0.765. The molecule has 10 heteroatoms. The average Bonchev–Trinajstić information content (AvgIpc) is 2.95. The van der Waals surface area contributed by atoms with Crippen molar-refractivity contribution < 1.29 is 23.1 Å². The van der Waals surface area contributed by atoms with Gasteiger partial charge in [0.15, 0.2) is 5.03 Å². The summed E-state index contributed by atoms with van der Waals surface area (Å²) in [5.41, 5.74) is 0. The molecule has 0 saturated carbocycles. The first kappa shape index (κ1) is 14.8. The van der Waals surface area contributed by atoms with Crippen LogP contribution in [0.2, 0.25) is 0 Å². The van der Waals surface area contributed by atoms with Crippen LogP contribution in [0.1, 0.15) is 12.8 Å². The lowest BCUT2D eigenvalue weighted by Gasteiger charge is -2.21. The van der Waals surface area contributed by atoms with Gasteiger partial charge in [-0.1, -0.05) is 0 Å². The van der Waals surface area contributed by atoms with Crippen molar-refractivity contribution in [1.82, 2.24) is 14.7 Å². The number of hydrogen-bond acceptors (Lipinski definition) is 5. The monoisotopic (exact) mass is 304 g/mol. The molecule has 0 aliphatic carbocycles. The first-order chi connectivity index (χ1) is 9.39. The molecule has 1 saturated heterocycles. The van der Waals surface area contributed by atoms with Gasteiger partial charge in [0.25, 0.3) is 10.0 Å². The Morgan fingerprint density at radius 3 is 3.00 bits per heavy atom. The van der Waals surface area contributed by atoms with Crippen LogP contribution in [0.4, 0.5) is 4.79 Å². The molecule has 0 aromatic carbocycles. The van der Waals surface area contributed by atoms with Crippen LogP contribution < -0.4 is 5.14 Å². The highest BCUT2D eigenvalue weighted by atomic mass is 32.2. The molecule has 1 atom stereocenters. The Kier molecular flexibility index (Phi) is 4.26. The molecule has 20 heavy (non-hydrogen) atoms. The van der Waals surface area contributed by atoms with Gasteiger partial charge in [-0.2, -0.15) is 5.10 Å². The lowest BCUT2D eigenvalue weighted by Crippen LogP contribution is -2.36. The number of carbonyl (C=O) groups is 1. The summed E-state index contributed by atoms with van der Waals surface area (Å²) in [6, 6.07) is 1.30. The van der Waals surface area contributed by atoms with Crippen molar-refractivity contribution in [2.24, 2.45) is 5.14 Å². The van der Waals surface area contributed by atoms with E-state index in [1.807, 2.05) is 0 Å². The maximum atomic E-state index is 11.3. The summed E-state index contributed by atoms with van der Waals surface area (Å²) in [6.45, 7) is 0.783. The molecule has 1 amide bonds. The van der Waals surface area contributed by atoms with Gasteiger partial charge in [0.2, 0.25) is 0 Å². The molecule has 9 nitrogen and oxygen atoms in total. The molecule has 1 unspecified atom stereocenters. The maximum absolute atomic E-state index is 11.3. The third-order valence-corrected chi connectivity index (χ3v) is 3.96. The van der Waals surface area contributed by atoms with E-state index in [1.165, 1.54) is 21.8 Å². The molecule has 3 N–H and O–H groups in total. The maximum Gasteiger partial charge on any atom is 0.409 e. The van der Waals surface area contributed by atoms with E-state index in [4.69, 9.17) is 15.0 Å². The largest absolute Gasteiger partial charge is 0.465 e. The molecule has 1 aromatic rings. The number of sulfonamides is 1. The highest BCUT2D eigenvalue weighted by Gasteiger charge is 2.29. The van der Waals surface area contributed by atoms with Gasteiger partial charge < -0.3 is 9.84 Å². The van der Waals surface area contributed by atoms with E-state index in [2.05, 4.69) is 5.10 Å². The lowest BCUT2D eigenvalue weighted by molar-refractivity contribution is -0.0298. The fourth-order valence-electron chi connectivity index (χ4n) is 2.13. The molecular weight excluding hydrogens is 288 g/mol. The Morgan fingerprint density at radius 2 is 2.35 bits per heavy atom. The molecule has 1 aliphatic rings. The minimum Gasteiger partial charge on any atom is -0.465 e. The summed E-state index contributed by atoms with van der Waals surface area (Å²) < 4.78 is 29.2. The Bertz CT molecular complexity index is 584. The smallest absolute Gasteiger partial charge is 0.409 e. The van der Waals surface area contributed by atoms with E-state index in [1.54, 1.807) is 0 Å². The number of aromatic nitrogens is 2. The molecule has 1 aromatic heterocycles. The minimum atomic E-state index is -3.82. The van der Waals surface area contributed by atoms with Crippen LogP contribution in [0.15, 0.2) is 17.3 Å².